The minimum atomic E-state index is -5.32. The molecule has 0 saturated heterocycles. The molecule has 1 aliphatic carbocycles. The summed E-state index contributed by atoms with van der Waals surface area (Å²) < 4.78 is 130. The number of ether oxygens (including phenoxy) is 1. The first-order valence-corrected chi connectivity index (χ1v) is 12.5. The van der Waals surface area contributed by atoms with Crippen LogP contribution in [0.1, 0.15) is 55.7 Å². The SMILES string of the molecule is CC1CCC(CCc2ccc(OC(F)(F)c3ccc(-c4cc(F)c(C(F)(F)F)c(F)c4)c(F)c3)c(F)c2)CC1. The Labute approximate surface area is 219 Å². The predicted molar refractivity (Wildman–Crippen MR) is 127 cm³/mol. The van der Waals surface area contributed by atoms with Gasteiger partial charge in [-0.25, -0.2) is 17.6 Å². The first-order valence-electron chi connectivity index (χ1n) is 12.5. The van der Waals surface area contributed by atoms with E-state index in [1.807, 2.05) is 0 Å². The zero-order valence-electron chi connectivity index (χ0n) is 20.8. The summed E-state index contributed by atoms with van der Waals surface area (Å²) in [6.07, 6.45) is -3.55. The normalized spacial score (nSPS) is 18.3. The summed E-state index contributed by atoms with van der Waals surface area (Å²) in [4.78, 5) is 0. The summed E-state index contributed by atoms with van der Waals surface area (Å²) in [6, 6.07) is 5.87. The van der Waals surface area contributed by atoms with Crippen LogP contribution < -0.4 is 4.74 Å². The average Bonchev–Trinajstić information content (AvgIpc) is 2.83. The molecule has 1 nitrogen and oxygen atoms in total. The van der Waals surface area contributed by atoms with Gasteiger partial charge in [0.25, 0.3) is 0 Å². The first-order chi connectivity index (χ1) is 18.2. The maximum absolute atomic E-state index is 14.8. The zero-order chi connectivity index (χ0) is 28.5. The summed E-state index contributed by atoms with van der Waals surface area (Å²) in [5.41, 5.74) is -3.81. The molecule has 1 aliphatic rings. The minimum absolute atomic E-state index is 0.254. The molecule has 0 N–H and O–H groups in total. The summed E-state index contributed by atoms with van der Waals surface area (Å²) in [5.74, 6) is -5.90. The topological polar surface area (TPSA) is 9.23 Å². The monoisotopic (exact) mass is 560 g/mol. The second-order valence-corrected chi connectivity index (χ2v) is 10.1. The van der Waals surface area contributed by atoms with Crippen LogP contribution >= 0.6 is 0 Å². The van der Waals surface area contributed by atoms with Crippen molar-refractivity contribution in [3.05, 3.63) is 88.5 Å². The van der Waals surface area contributed by atoms with Gasteiger partial charge in [-0.1, -0.05) is 44.7 Å². The lowest BCUT2D eigenvalue weighted by atomic mass is 9.80. The van der Waals surface area contributed by atoms with Crippen molar-refractivity contribution < 1.29 is 44.3 Å². The van der Waals surface area contributed by atoms with Crippen molar-refractivity contribution in [2.24, 2.45) is 11.8 Å². The molecule has 0 bridgehead atoms. The second-order valence-electron chi connectivity index (χ2n) is 10.1. The molecular weight excluding hydrogens is 535 g/mol. The molecule has 3 aromatic carbocycles. The van der Waals surface area contributed by atoms with Gasteiger partial charge < -0.3 is 4.74 Å². The van der Waals surface area contributed by atoms with Gasteiger partial charge >= 0.3 is 12.3 Å². The smallest absolute Gasteiger partial charge is 0.426 e. The Morgan fingerprint density at radius 3 is 1.95 bits per heavy atom. The van der Waals surface area contributed by atoms with Crippen LogP contribution in [0.4, 0.5) is 39.5 Å². The lowest BCUT2D eigenvalue weighted by Gasteiger charge is -2.26. The Balaban J connectivity index is 1.48. The average molecular weight is 560 g/mol. The fourth-order valence-electron chi connectivity index (χ4n) is 4.90. The van der Waals surface area contributed by atoms with Gasteiger partial charge in [-0.05, 0) is 72.2 Å². The second kappa shape index (κ2) is 11.1. The highest BCUT2D eigenvalue weighted by atomic mass is 19.4. The Morgan fingerprint density at radius 1 is 0.744 bits per heavy atom. The molecule has 1 saturated carbocycles. The third kappa shape index (κ3) is 6.70. The van der Waals surface area contributed by atoms with Gasteiger partial charge in [0.05, 0.1) is 5.56 Å². The molecule has 4 rings (SSSR count). The lowest BCUT2D eigenvalue weighted by molar-refractivity contribution is -0.187. The first kappa shape index (κ1) is 28.8. The molecular formula is C29H25F9O. The molecule has 210 valence electrons. The molecule has 3 aromatic rings. The third-order valence-corrected chi connectivity index (χ3v) is 7.15. The fourth-order valence-corrected chi connectivity index (χ4v) is 4.90. The molecule has 0 unspecified atom stereocenters. The van der Waals surface area contributed by atoms with Gasteiger partial charge in [-0.2, -0.15) is 22.0 Å². The maximum atomic E-state index is 14.8. The summed E-state index contributed by atoms with van der Waals surface area (Å²) in [6.45, 7) is 2.21. The van der Waals surface area contributed by atoms with E-state index in [0.717, 1.165) is 50.3 Å². The van der Waals surface area contributed by atoms with E-state index in [2.05, 4.69) is 11.7 Å². The van der Waals surface area contributed by atoms with Crippen LogP contribution in [-0.4, -0.2) is 0 Å². The number of benzene rings is 3. The van der Waals surface area contributed by atoms with E-state index in [9.17, 15) is 39.5 Å². The molecule has 0 spiro atoms. The van der Waals surface area contributed by atoms with Crippen LogP contribution in [0.2, 0.25) is 0 Å². The van der Waals surface area contributed by atoms with Gasteiger partial charge in [-0.15, -0.1) is 0 Å². The minimum Gasteiger partial charge on any atom is -0.426 e. The molecule has 0 aliphatic heterocycles. The number of hydrogen-bond donors (Lipinski definition) is 0. The van der Waals surface area contributed by atoms with Crippen molar-refractivity contribution in [2.45, 2.75) is 57.7 Å². The van der Waals surface area contributed by atoms with Gasteiger partial charge in [0, 0.05) is 5.56 Å². The molecule has 0 atom stereocenters. The Bertz CT molecular complexity index is 1300. The van der Waals surface area contributed by atoms with Crippen molar-refractivity contribution in [1.29, 1.82) is 0 Å². The molecule has 0 aromatic heterocycles. The van der Waals surface area contributed by atoms with Gasteiger partial charge in [0.2, 0.25) is 0 Å². The largest absolute Gasteiger partial charge is 0.426 e. The van der Waals surface area contributed by atoms with Crippen LogP contribution in [0.15, 0.2) is 48.5 Å². The van der Waals surface area contributed by atoms with E-state index in [1.165, 1.54) is 6.07 Å². The number of halogens is 9. The van der Waals surface area contributed by atoms with E-state index < -0.39 is 63.6 Å². The summed E-state index contributed by atoms with van der Waals surface area (Å²) >= 11 is 0. The van der Waals surface area contributed by atoms with Gasteiger partial charge in [0.15, 0.2) is 11.6 Å². The number of alkyl halides is 5. The fraction of sp³-hybridized carbons (Fsp3) is 0.379. The van der Waals surface area contributed by atoms with Crippen LogP contribution in [0, 0.1) is 35.1 Å². The quantitative estimate of drug-likeness (QED) is 0.262. The number of aryl methyl sites for hydroxylation is 1. The third-order valence-electron chi connectivity index (χ3n) is 7.15. The van der Waals surface area contributed by atoms with Crippen LogP contribution in [0.25, 0.3) is 11.1 Å². The highest BCUT2D eigenvalue weighted by Gasteiger charge is 2.39. The van der Waals surface area contributed by atoms with Gasteiger partial charge in [-0.3, -0.25) is 0 Å². The number of hydrogen-bond acceptors (Lipinski definition) is 1. The van der Waals surface area contributed by atoms with Crippen molar-refractivity contribution in [3.63, 3.8) is 0 Å². The standard InChI is InChI=1S/C29H25F9O/c1-16-2-4-17(5-3-16)6-7-18-8-11-26(23(31)12-18)39-29(37,38)20-9-10-21(22(30)15-20)19-13-24(32)27(25(33)14-19)28(34,35)36/h8-17H,2-7H2,1H3. The molecule has 39 heavy (non-hydrogen) atoms. The van der Waals surface area contributed by atoms with E-state index in [0.29, 0.717) is 36.0 Å². The lowest BCUT2D eigenvalue weighted by Crippen LogP contribution is -2.22. The maximum Gasteiger partial charge on any atom is 0.426 e. The molecule has 10 heteroatoms. The van der Waals surface area contributed by atoms with Crippen molar-refractivity contribution in [3.8, 4) is 16.9 Å². The van der Waals surface area contributed by atoms with E-state index >= 15 is 0 Å². The molecule has 0 heterocycles. The van der Waals surface area contributed by atoms with Crippen LogP contribution in [-0.2, 0) is 18.7 Å². The van der Waals surface area contributed by atoms with E-state index in [-0.39, 0.29) is 12.1 Å². The van der Waals surface area contributed by atoms with E-state index in [1.54, 1.807) is 0 Å². The number of rotatable bonds is 7. The molecule has 1 fully saturated rings. The van der Waals surface area contributed by atoms with Crippen molar-refractivity contribution in [1.82, 2.24) is 0 Å². The zero-order valence-corrected chi connectivity index (χ0v) is 20.8. The summed E-state index contributed by atoms with van der Waals surface area (Å²) in [5, 5.41) is 0. The highest BCUT2D eigenvalue weighted by Crippen LogP contribution is 2.39. The van der Waals surface area contributed by atoms with Crippen molar-refractivity contribution >= 4 is 0 Å². The Kier molecular flexibility index (Phi) is 8.23. The van der Waals surface area contributed by atoms with Gasteiger partial charge in [0.1, 0.15) is 23.0 Å². The van der Waals surface area contributed by atoms with Crippen LogP contribution in [0.5, 0.6) is 5.75 Å². The summed E-state index contributed by atoms with van der Waals surface area (Å²) in [7, 11) is 0. The Hall–Kier alpha value is -3.17. The highest BCUT2D eigenvalue weighted by molar-refractivity contribution is 5.65. The molecule has 0 amide bonds. The molecule has 0 radical (unpaired) electrons. The van der Waals surface area contributed by atoms with Crippen LogP contribution in [0.3, 0.4) is 0 Å². The van der Waals surface area contributed by atoms with E-state index in [4.69, 9.17) is 0 Å². The predicted octanol–water partition coefficient (Wildman–Crippen LogP) is 9.82. The van der Waals surface area contributed by atoms with Crippen molar-refractivity contribution in [2.75, 3.05) is 0 Å². The Morgan fingerprint density at radius 2 is 1.38 bits per heavy atom.